The van der Waals surface area contributed by atoms with Gasteiger partial charge in [-0.15, -0.1) is 0 Å². The molecule has 0 atom stereocenters. The smallest absolute Gasteiger partial charge is 0.410 e. The summed E-state index contributed by atoms with van der Waals surface area (Å²) in [7, 11) is 0. The Balaban J connectivity index is 1.51. The molecule has 1 aliphatic heterocycles. The van der Waals surface area contributed by atoms with Crippen molar-refractivity contribution in [2.45, 2.75) is 52.7 Å². The molecule has 40 heavy (non-hydrogen) atoms. The Kier molecular flexibility index (Phi) is 8.15. The van der Waals surface area contributed by atoms with Crippen LogP contribution in [0.1, 0.15) is 51.9 Å². The molecule has 1 N–H and O–H groups in total. The minimum Gasteiger partial charge on any atom is -0.459 e. The molecule has 0 saturated carbocycles. The molecule has 12 nitrogen and oxygen atoms in total. The average Bonchev–Trinajstić information content (AvgIpc) is 3.29. The van der Waals surface area contributed by atoms with Crippen molar-refractivity contribution in [2.75, 3.05) is 37.6 Å². The first kappa shape index (κ1) is 29.0. The second kappa shape index (κ2) is 11.2. The standard InChI is InChI=1S/C27H34N6O6S/c1-26(2,3)38-21(35)16-28-22(36)17-8-7-9-18(14-17)23-30-33-20(15-19(34)29-24(33)40-23)31-10-12-32(13-11-31)25(37)39-27(4,5)6/h7-9,14-15H,10-13,16H2,1-6H3,(H,28,36). The van der Waals surface area contributed by atoms with E-state index in [-0.39, 0.29) is 12.6 Å². The lowest BCUT2D eigenvalue weighted by Gasteiger charge is -2.36. The molecule has 0 aliphatic carbocycles. The number of rotatable bonds is 5. The van der Waals surface area contributed by atoms with Crippen LogP contribution in [0.25, 0.3) is 15.5 Å². The van der Waals surface area contributed by atoms with Crippen molar-refractivity contribution in [1.82, 2.24) is 24.8 Å². The normalized spacial score (nSPS) is 14.2. The molecule has 1 saturated heterocycles. The molecule has 1 aromatic carbocycles. The molecule has 13 heteroatoms. The van der Waals surface area contributed by atoms with E-state index in [1.165, 1.54) is 17.4 Å². The molecule has 0 radical (unpaired) electrons. The van der Waals surface area contributed by atoms with Gasteiger partial charge < -0.3 is 24.6 Å². The van der Waals surface area contributed by atoms with Gasteiger partial charge in [-0.25, -0.2) is 4.79 Å². The number of hydrogen-bond acceptors (Lipinski definition) is 10. The minimum absolute atomic E-state index is 0.252. The maximum atomic E-state index is 12.7. The van der Waals surface area contributed by atoms with Gasteiger partial charge in [-0.05, 0) is 53.7 Å². The van der Waals surface area contributed by atoms with Crippen molar-refractivity contribution in [1.29, 1.82) is 0 Å². The van der Waals surface area contributed by atoms with E-state index in [9.17, 15) is 19.2 Å². The highest BCUT2D eigenvalue weighted by Crippen LogP contribution is 2.28. The summed E-state index contributed by atoms with van der Waals surface area (Å²) in [5, 5.41) is 7.84. The number of benzene rings is 1. The molecule has 1 aliphatic rings. The van der Waals surface area contributed by atoms with Gasteiger partial charge in [-0.1, -0.05) is 23.5 Å². The summed E-state index contributed by atoms with van der Waals surface area (Å²) in [5.41, 5.74) is -0.606. The molecule has 4 rings (SSSR count). The number of hydrogen-bond donors (Lipinski definition) is 1. The van der Waals surface area contributed by atoms with Crippen LogP contribution in [0.2, 0.25) is 0 Å². The Morgan fingerprint density at radius 3 is 2.30 bits per heavy atom. The van der Waals surface area contributed by atoms with E-state index in [0.717, 1.165) is 0 Å². The van der Waals surface area contributed by atoms with Gasteiger partial charge in [0, 0.05) is 43.4 Å². The zero-order chi connectivity index (χ0) is 29.2. The largest absolute Gasteiger partial charge is 0.459 e. The van der Waals surface area contributed by atoms with Gasteiger partial charge in [-0.2, -0.15) is 14.6 Å². The predicted molar refractivity (Wildman–Crippen MR) is 151 cm³/mol. The number of amides is 2. The van der Waals surface area contributed by atoms with Gasteiger partial charge in [0.1, 0.15) is 28.6 Å². The third kappa shape index (κ3) is 7.34. The molecule has 2 amide bonds. The lowest BCUT2D eigenvalue weighted by Crippen LogP contribution is -2.50. The van der Waals surface area contributed by atoms with Crippen molar-refractivity contribution in [3.63, 3.8) is 0 Å². The summed E-state index contributed by atoms with van der Waals surface area (Å²) in [5.74, 6) is -0.379. The van der Waals surface area contributed by atoms with Crippen molar-refractivity contribution < 1.29 is 23.9 Å². The number of fused-ring (bicyclic) bond motifs is 1. The van der Waals surface area contributed by atoms with Crippen LogP contribution in [0.15, 0.2) is 35.1 Å². The van der Waals surface area contributed by atoms with Gasteiger partial charge in [0.25, 0.3) is 11.5 Å². The van der Waals surface area contributed by atoms with Gasteiger partial charge in [0.2, 0.25) is 4.96 Å². The Labute approximate surface area is 235 Å². The second-order valence-corrected chi connectivity index (χ2v) is 12.3. The van der Waals surface area contributed by atoms with Crippen LogP contribution in [0, 0.1) is 0 Å². The third-order valence-corrected chi connectivity index (χ3v) is 6.63. The third-order valence-electron chi connectivity index (χ3n) is 5.68. The number of carbonyl (C=O) groups is 3. The molecule has 3 aromatic rings. The molecular weight excluding hydrogens is 536 g/mol. The van der Waals surface area contributed by atoms with E-state index in [1.54, 1.807) is 54.5 Å². The molecule has 3 heterocycles. The van der Waals surface area contributed by atoms with Gasteiger partial charge in [-0.3, -0.25) is 14.4 Å². The SMILES string of the molecule is CC(C)(C)OC(=O)CNC(=O)c1cccc(-c2nn3c(N4CCN(C(=O)OC(C)(C)C)CC4)cc(=O)nc3s2)c1. The number of esters is 1. The van der Waals surface area contributed by atoms with Crippen LogP contribution in [0.4, 0.5) is 10.6 Å². The Morgan fingerprint density at radius 2 is 1.65 bits per heavy atom. The quantitative estimate of drug-likeness (QED) is 0.459. The van der Waals surface area contributed by atoms with Gasteiger partial charge >= 0.3 is 12.1 Å². The molecular formula is C27H34N6O6S. The van der Waals surface area contributed by atoms with Crippen LogP contribution in [0.3, 0.4) is 0 Å². The van der Waals surface area contributed by atoms with E-state index in [4.69, 9.17) is 14.6 Å². The van der Waals surface area contributed by atoms with Crippen LogP contribution in [-0.2, 0) is 14.3 Å². The van der Waals surface area contributed by atoms with Crippen molar-refractivity contribution >= 4 is 40.1 Å². The second-order valence-electron chi connectivity index (χ2n) is 11.4. The maximum Gasteiger partial charge on any atom is 0.410 e. The Morgan fingerprint density at radius 1 is 0.975 bits per heavy atom. The maximum absolute atomic E-state index is 12.7. The summed E-state index contributed by atoms with van der Waals surface area (Å²) in [4.78, 5) is 57.7. The molecule has 214 valence electrons. The molecule has 1 fully saturated rings. The summed E-state index contributed by atoms with van der Waals surface area (Å²) < 4.78 is 12.3. The van der Waals surface area contributed by atoms with Crippen molar-refractivity contribution in [2.24, 2.45) is 0 Å². The molecule has 0 unspecified atom stereocenters. The highest BCUT2D eigenvalue weighted by Gasteiger charge is 2.27. The highest BCUT2D eigenvalue weighted by atomic mass is 32.1. The summed E-state index contributed by atoms with van der Waals surface area (Å²) in [6, 6.07) is 8.26. The number of anilines is 1. The first-order valence-corrected chi connectivity index (χ1v) is 13.7. The summed E-state index contributed by atoms with van der Waals surface area (Å²) in [6.45, 7) is 12.3. The van der Waals surface area contributed by atoms with Crippen molar-refractivity contribution in [3.05, 3.63) is 46.2 Å². The van der Waals surface area contributed by atoms with Gasteiger partial charge in [0.05, 0.1) is 0 Å². The van der Waals surface area contributed by atoms with Gasteiger partial charge in [0.15, 0.2) is 0 Å². The number of nitrogens with zero attached hydrogens (tertiary/aromatic N) is 5. The summed E-state index contributed by atoms with van der Waals surface area (Å²) in [6.07, 6.45) is -0.366. The van der Waals surface area contributed by atoms with E-state index in [0.29, 0.717) is 53.1 Å². The monoisotopic (exact) mass is 570 g/mol. The topological polar surface area (TPSA) is 135 Å². The first-order valence-electron chi connectivity index (χ1n) is 12.9. The minimum atomic E-state index is -0.644. The van der Waals surface area contributed by atoms with E-state index >= 15 is 0 Å². The molecule has 0 bridgehead atoms. The predicted octanol–water partition coefficient (Wildman–Crippen LogP) is 2.95. The van der Waals surface area contributed by atoms with Crippen LogP contribution >= 0.6 is 11.3 Å². The Bertz CT molecular complexity index is 1480. The number of piperazine rings is 1. The fourth-order valence-corrected chi connectivity index (χ4v) is 4.91. The number of aromatic nitrogens is 3. The van der Waals surface area contributed by atoms with Crippen LogP contribution < -0.4 is 15.8 Å². The molecule has 2 aromatic heterocycles. The number of nitrogens with one attached hydrogen (secondary N) is 1. The fourth-order valence-electron chi connectivity index (χ4n) is 4.01. The average molecular weight is 571 g/mol. The zero-order valence-corrected chi connectivity index (χ0v) is 24.3. The zero-order valence-electron chi connectivity index (χ0n) is 23.5. The number of ether oxygens (including phenoxy) is 2. The summed E-state index contributed by atoms with van der Waals surface area (Å²) >= 11 is 1.22. The fraction of sp³-hybridized carbons (Fsp3) is 0.481. The molecule has 0 spiro atoms. The number of carbonyl (C=O) groups excluding carboxylic acids is 3. The van der Waals surface area contributed by atoms with E-state index < -0.39 is 28.6 Å². The highest BCUT2D eigenvalue weighted by molar-refractivity contribution is 7.19. The Hall–Kier alpha value is -4.00. The van der Waals surface area contributed by atoms with Crippen LogP contribution in [-0.4, -0.2) is 81.4 Å². The first-order chi connectivity index (χ1) is 18.7. The lowest BCUT2D eigenvalue weighted by molar-refractivity contribution is -0.153. The van der Waals surface area contributed by atoms with E-state index in [2.05, 4.69) is 10.3 Å². The van der Waals surface area contributed by atoms with Crippen molar-refractivity contribution in [3.8, 4) is 10.6 Å². The van der Waals surface area contributed by atoms with E-state index in [1.807, 2.05) is 25.7 Å². The lowest BCUT2D eigenvalue weighted by atomic mass is 10.1. The van der Waals surface area contributed by atoms with Crippen LogP contribution in [0.5, 0.6) is 0 Å².